The molecule has 0 unspecified atom stereocenters. The van der Waals surface area contributed by atoms with Crippen LogP contribution < -0.4 is 0 Å². The highest BCUT2D eigenvalue weighted by molar-refractivity contribution is 4.77. The van der Waals surface area contributed by atoms with Crippen molar-refractivity contribution in [1.82, 2.24) is 15.0 Å². The minimum atomic E-state index is 0.0534. The number of rotatable bonds is 6. The predicted molar refractivity (Wildman–Crippen MR) is 43.7 cm³/mol. The van der Waals surface area contributed by atoms with Crippen molar-refractivity contribution in [2.24, 2.45) is 0 Å². The summed E-state index contributed by atoms with van der Waals surface area (Å²) in [5, 5.41) is 21.0. The van der Waals surface area contributed by atoms with Crippen LogP contribution in [0.25, 0.3) is 0 Å². The van der Waals surface area contributed by atoms with Crippen LogP contribution in [0.15, 0.2) is 10.9 Å². The number of aliphatic hydroxyl groups is 2. The standard InChI is InChI=1S/C7H13N3O3/c11-3-1-10(2-4-12)5-7-8-6-13-9-7/h6,11-12H,1-5H2. The molecule has 1 aromatic heterocycles. The van der Waals surface area contributed by atoms with Gasteiger partial charge in [0.05, 0.1) is 19.8 Å². The molecule has 74 valence electrons. The minimum Gasteiger partial charge on any atom is -0.395 e. The molecule has 0 radical (unpaired) electrons. The van der Waals surface area contributed by atoms with Crippen LogP contribution in [0, 0.1) is 0 Å². The lowest BCUT2D eigenvalue weighted by Crippen LogP contribution is -2.29. The zero-order chi connectivity index (χ0) is 9.52. The van der Waals surface area contributed by atoms with Crippen molar-refractivity contribution in [3.63, 3.8) is 0 Å². The quantitative estimate of drug-likeness (QED) is 0.585. The average Bonchev–Trinajstić information content (AvgIpc) is 2.58. The van der Waals surface area contributed by atoms with E-state index in [1.54, 1.807) is 0 Å². The number of hydrogen-bond donors (Lipinski definition) is 2. The van der Waals surface area contributed by atoms with E-state index in [2.05, 4.69) is 14.7 Å². The van der Waals surface area contributed by atoms with Crippen LogP contribution in [-0.4, -0.2) is 51.6 Å². The molecule has 0 aromatic carbocycles. The summed E-state index contributed by atoms with van der Waals surface area (Å²) in [4.78, 5) is 5.68. The molecule has 6 heteroatoms. The largest absolute Gasteiger partial charge is 0.395 e. The highest BCUT2D eigenvalue weighted by Gasteiger charge is 2.07. The molecule has 0 fully saturated rings. The lowest BCUT2D eigenvalue weighted by Gasteiger charge is -2.17. The van der Waals surface area contributed by atoms with E-state index in [0.29, 0.717) is 25.5 Å². The highest BCUT2D eigenvalue weighted by atomic mass is 16.5. The van der Waals surface area contributed by atoms with Gasteiger partial charge in [0.25, 0.3) is 0 Å². The first-order chi connectivity index (χ1) is 6.36. The van der Waals surface area contributed by atoms with Crippen LogP contribution in [0.3, 0.4) is 0 Å². The molecule has 6 nitrogen and oxygen atoms in total. The van der Waals surface area contributed by atoms with Crippen molar-refractivity contribution in [2.45, 2.75) is 6.54 Å². The van der Waals surface area contributed by atoms with Gasteiger partial charge < -0.3 is 14.7 Å². The second kappa shape index (κ2) is 5.63. The smallest absolute Gasteiger partial charge is 0.213 e. The first-order valence-corrected chi connectivity index (χ1v) is 4.06. The number of hydrogen-bond acceptors (Lipinski definition) is 6. The Kier molecular flexibility index (Phi) is 4.37. The predicted octanol–water partition coefficient (Wildman–Crippen LogP) is -1.14. The Balaban J connectivity index is 2.37. The molecule has 2 N–H and O–H groups in total. The maximum absolute atomic E-state index is 8.70. The van der Waals surface area contributed by atoms with Gasteiger partial charge in [-0.1, -0.05) is 5.16 Å². The Labute approximate surface area is 75.8 Å². The summed E-state index contributed by atoms with van der Waals surface area (Å²) in [6.45, 7) is 1.58. The summed E-state index contributed by atoms with van der Waals surface area (Å²) < 4.78 is 4.56. The van der Waals surface area contributed by atoms with Crippen molar-refractivity contribution in [1.29, 1.82) is 0 Å². The third kappa shape index (κ3) is 3.49. The van der Waals surface area contributed by atoms with E-state index in [1.165, 1.54) is 6.39 Å². The zero-order valence-corrected chi connectivity index (χ0v) is 7.26. The molecular weight excluding hydrogens is 174 g/mol. The molecule has 0 bridgehead atoms. The lowest BCUT2D eigenvalue weighted by molar-refractivity contribution is 0.152. The zero-order valence-electron chi connectivity index (χ0n) is 7.26. The average molecular weight is 187 g/mol. The molecule has 0 aliphatic rings. The van der Waals surface area contributed by atoms with E-state index in [0.717, 1.165) is 0 Å². The molecular formula is C7H13N3O3. The van der Waals surface area contributed by atoms with Gasteiger partial charge >= 0.3 is 0 Å². The van der Waals surface area contributed by atoms with Crippen molar-refractivity contribution in [3.05, 3.63) is 12.2 Å². The molecule has 0 aliphatic heterocycles. The molecule has 0 spiro atoms. The molecule has 1 heterocycles. The van der Waals surface area contributed by atoms with E-state index >= 15 is 0 Å². The molecule has 0 amide bonds. The van der Waals surface area contributed by atoms with Crippen molar-refractivity contribution in [2.75, 3.05) is 26.3 Å². The van der Waals surface area contributed by atoms with Gasteiger partial charge in [-0.05, 0) is 0 Å². The summed E-state index contributed by atoms with van der Waals surface area (Å²) in [6.07, 6.45) is 1.26. The summed E-state index contributed by atoms with van der Waals surface area (Å²) in [6, 6.07) is 0. The van der Waals surface area contributed by atoms with Crippen LogP contribution in [0.4, 0.5) is 0 Å². The molecule has 1 rings (SSSR count). The molecule has 0 atom stereocenters. The summed E-state index contributed by atoms with van der Waals surface area (Å²) in [5.41, 5.74) is 0. The molecule has 1 aromatic rings. The van der Waals surface area contributed by atoms with Gasteiger partial charge in [-0.15, -0.1) is 0 Å². The van der Waals surface area contributed by atoms with E-state index in [9.17, 15) is 0 Å². The van der Waals surface area contributed by atoms with E-state index < -0.39 is 0 Å². The SMILES string of the molecule is OCCN(CCO)Cc1ncon1. The molecule has 13 heavy (non-hydrogen) atoms. The van der Waals surface area contributed by atoms with Gasteiger partial charge in [0, 0.05) is 13.1 Å². The Morgan fingerprint density at radius 1 is 1.31 bits per heavy atom. The van der Waals surface area contributed by atoms with E-state index in [1.807, 2.05) is 4.90 Å². The van der Waals surface area contributed by atoms with E-state index in [-0.39, 0.29) is 13.2 Å². The fourth-order valence-corrected chi connectivity index (χ4v) is 1.01. The lowest BCUT2D eigenvalue weighted by atomic mass is 10.4. The first kappa shape index (κ1) is 10.1. The van der Waals surface area contributed by atoms with Gasteiger partial charge in [0.15, 0.2) is 5.82 Å². The third-order valence-electron chi connectivity index (χ3n) is 1.60. The Morgan fingerprint density at radius 3 is 2.46 bits per heavy atom. The van der Waals surface area contributed by atoms with Crippen molar-refractivity contribution >= 4 is 0 Å². The Morgan fingerprint density at radius 2 is 2.00 bits per heavy atom. The molecule has 0 aliphatic carbocycles. The third-order valence-corrected chi connectivity index (χ3v) is 1.60. The fourth-order valence-electron chi connectivity index (χ4n) is 1.01. The van der Waals surface area contributed by atoms with Gasteiger partial charge in [0.2, 0.25) is 6.39 Å². The summed E-state index contributed by atoms with van der Waals surface area (Å²) in [7, 11) is 0. The normalized spacial score (nSPS) is 11.0. The Bertz CT molecular complexity index is 209. The van der Waals surface area contributed by atoms with Crippen LogP contribution in [0.1, 0.15) is 5.82 Å². The summed E-state index contributed by atoms with van der Waals surface area (Å²) in [5.74, 6) is 0.557. The van der Waals surface area contributed by atoms with Crippen LogP contribution in [0.5, 0.6) is 0 Å². The molecule has 0 saturated heterocycles. The van der Waals surface area contributed by atoms with E-state index in [4.69, 9.17) is 10.2 Å². The van der Waals surface area contributed by atoms with Crippen LogP contribution in [0.2, 0.25) is 0 Å². The molecule has 0 saturated carbocycles. The van der Waals surface area contributed by atoms with Gasteiger partial charge in [0.1, 0.15) is 0 Å². The Hall–Kier alpha value is -0.980. The maximum Gasteiger partial charge on any atom is 0.213 e. The van der Waals surface area contributed by atoms with Crippen LogP contribution in [-0.2, 0) is 6.54 Å². The van der Waals surface area contributed by atoms with Crippen molar-refractivity contribution in [3.8, 4) is 0 Å². The topological polar surface area (TPSA) is 82.6 Å². The first-order valence-electron chi connectivity index (χ1n) is 4.06. The monoisotopic (exact) mass is 187 g/mol. The van der Waals surface area contributed by atoms with Crippen molar-refractivity contribution < 1.29 is 14.7 Å². The van der Waals surface area contributed by atoms with Gasteiger partial charge in [-0.3, -0.25) is 4.90 Å². The minimum absolute atomic E-state index is 0.0534. The van der Waals surface area contributed by atoms with Gasteiger partial charge in [-0.2, -0.15) is 4.98 Å². The van der Waals surface area contributed by atoms with Gasteiger partial charge in [-0.25, -0.2) is 0 Å². The number of nitrogens with zero attached hydrogens (tertiary/aromatic N) is 3. The highest BCUT2D eigenvalue weighted by Crippen LogP contribution is 1.96. The fraction of sp³-hybridized carbons (Fsp3) is 0.714. The van der Waals surface area contributed by atoms with Crippen LogP contribution >= 0.6 is 0 Å². The number of aliphatic hydroxyl groups excluding tert-OH is 2. The second-order valence-corrected chi connectivity index (χ2v) is 2.57. The number of aromatic nitrogens is 2. The second-order valence-electron chi connectivity index (χ2n) is 2.57. The maximum atomic E-state index is 8.70. The summed E-state index contributed by atoms with van der Waals surface area (Å²) >= 11 is 0.